The Bertz CT molecular complexity index is 925. The van der Waals surface area contributed by atoms with Crippen LogP contribution in [0, 0.1) is 13.8 Å². The maximum absolute atomic E-state index is 10.2. The monoisotopic (exact) mass is 382 g/mol. The molecule has 1 fully saturated rings. The van der Waals surface area contributed by atoms with E-state index < -0.39 is 5.72 Å². The number of hydrogen-bond donors (Lipinski definition) is 3. The molecule has 0 unspecified atom stereocenters. The molecular formula is C22H26N2O2S. The van der Waals surface area contributed by atoms with Crippen LogP contribution in [0.3, 0.4) is 0 Å². The second kappa shape index (κ2) is 6.13. The van der Waals surface area contributed by atoms with E-state index in [0.717, 1.165) is 29.7 Å². The van der Waals surface area contributed by atoms with E-state index in [2.05, 4.69) is 55.7 Å². The fraction of sp³-hybridized carbons (Fsp3) is 0.409. The highest BCUT2D eigenvalue weighted by molar-refractivity contribution is 7.80. The Labute approximate surface area is 165 Å². The molecule has 0 aromatic heterocycles. The summed E-state index contributed by atoms with van der Waals surface area (Å²) in [5, 5.41) is 17.5. The van der Waals surface area contributed by atoms with E-state index in [4.69, 9.17) is 17.0 Å². The number of thiocarbonyl (C=S) groups is 1. The normalized spacial score (nSPS) is 25.9. The third kappa shape index (κ3) is 3.25. The van der Waals surface area contributed by atoms with Crippen LogP contribution in [0.5, 0.6) is 11.5 Å². The van der Waals surface area contributed by atoms with Gasteiger partial charge in [0.05, 0.1) is 0 Å². The van der Waals surface area contributed by atoms with Crippen molar-refractivity contribution < 1.29 is 9.84 Å². The molecule has 2 aromatic carbocycles. The lowest BCUT2D eigenvalue weighted by atomic mass is 9.75. The van der Waals surface area contributed by atoms with Crippen molar-refractivity contribution in [2.75, 3.05) is 0 Å². The minimum atomic E-state index is -0.605. The highest BCUT2D eigenvalue weighted by atomic mass is 32.1. The zero-order chi connectivity index (χ0) is 19.4. The lowest BCUT2D eigenvalue weighted by molar-refractivity contribution is -0.0130. The molecule has 5 heteroatoms. The first-order valence-corrected chi connectivity index (χ1v) is 9.77. The van der Waals surface area contributed by atoms with Crippen LogP contribution in [0.2, 0.25) is 0 Å². The largest absolute Gasteiger partial charge is 0.508 e. The molecule has 4 nitrogen and oxygen atoms in total. The van der Waals surface area contributed by atoms with Crippen LogP contribution in [0.1, 0.15) is 54.9 Å². The van der Waals surface area contributed by atoms with Gasteiger partial charge in [-0.05, 0) is 62.7 Å². The van der Waals surface area contributed by atoms with Gasteiger partial charge in [-0.15, -0.1) is 0 Å². The molecule has 2 heterocycles. The first kappa shape index (κ1) is 18.1. The smallest absolute Gasteiger partial charge is 0.185 e. The number of aromatic hydroxyl groups is 1. The van der Waals surface area contributed by atoms with Crippen molar-refractivity contribution in [1.29, 1.82) is 0 Å². The summed E-state index contributed by atoms with van der Waals surface area (Å²) in [6.07, 6.45) is 1.54. The molecule has 2 aromatic rings. The molecule has 2 aliphatic rings. The van der Waals surface area contributed by atoms with Gasteiger partial charge in [-0.1, -0.05) is 24.3 Å². The van der Waals surface area contributed by atoms with Crippen molar-refractivity contribution in [2.45, 2.75) is 57.7 Å². The Balaban J connectivity index is 1.89. The van der Waals surface area contributed by atoms with Crippen molar-refractivity contribution in [1.82, 2.24) is 10.6 Å². The molecule has 142 valence electrons. The Morgan fingerprint density at radius 3 is 2.56 bits per heavy atom. The number of phenols is 1. The fourth-order valence-electron chi connectivity index (χ4n) is 4.74. The predicted octanol–water partition coefficient (Wildman–Crippen LogP) is 4.27. The van der Waals surface area contributed by atoms with Gasteiger partial charge in [0, 0.05) is 35.9 Å². The third-order valence-electron chi connectivity index (χ3n) is 5.61. The number of nitrogens with one attached hydrogen (secondary N) is 2. The van der Waals surface area contributed by atoms with Crippen molar-refractivity contribution >= 4 is 17.3 Å². The topological polar surface area (TPSA) is 53.5 Å². The minimum absolute atomic E-state index is 0.166. The Hall–Kier alpha value is -2.27. The van der Waals surface area contributed by atoms with Crippen LogP contribution in [0.4, 0.5) is 0 Å². The molecule has 1 saturated heterocycles. The van der Waals surface area contributed by atoms with Gasteiger partial charge in [0.1, 0.15) is 11.5 Å². The molecule has 3 N–H and O–H groups in total. The number of phenolic OH excluding ortho intramolecular Hbond substituents is 1. The van der Waals surface area contributed by atoms with E-state index in [0.29, 0.717) is 5.11 Å². The zero-order valence-electron chi connectivity index (χ0n) is 16.2. The van der Waals surface area contributed by atoms with Crippen LogP contribution in [-0.4, -0.2) is 21.5 Å². The molecule has 4 rings (SSSR count). The van der Waals surface area contributed by atoms with Crippen LogP contribution in [0.15, 0.2) is 36.4 Å². The molecule has 2 atom stereocenters. The quantitative estimate of drug-likeness (QED) is 0.643. The maximum atomic E-state index is 10.2. The number of fused-ring (bicyclic) bond motifs is 1. The average molecular weight is 383 g/mol. The molecule has 27 heavy (non-hydrogen) atoms. The van der Waals surface area contributed by atoms with Crippen molar-refractivity contribution in [3.05, 3.63) is 58.7 Å². The van der Waals surface area contributed by atoms with E-state index >= 15 is 0 Å². The molecule has 2 aliphatic heterocycles. The summed E-state index contributed by atoms with van der Waals surface area (Å²) in [5.41, 5.74) is 3.96. The van der Waals surface area contributed by atoms with Gasteiger partial charge in [0.25, 0.3) is 0 Å². The van der Waals surface area contributed by atoms with Gasteiger partial charge in [-0.2, -0.15) is 0 Å². The van der Waals surface area contributed by atoms with Crippen molar-refractivity contribution in [3.63, 3.8) is 0 Å². The Morgan fingerprint density at radius 2 is 1.85 bits per heavy atom. The number of benzene rings is 2. The molecule has 0 radical (unpaired) electrons. The average Bonchev–Trinajstić information content (AvgIpc) is 2.51. The van der Waals surface area contributed by atoms with Gasteiger partial charge >= 0.3 is 0 Å². The fourth-order valence-corrected chi connectivity index (χ4v) is 5.20. The summed E-state index contributed by atoms with van der Waals surface area (Å²) in [4.78, 5) is 0. The van der Waals surface area contributed by atoms with Gasteiger partial charge in [-0.3, -0.25) is 0 Å². The van der Waals surface area contributed by atoms with E-state index in [1.54, 1.807) is 6.07 Å². The van der Waals surface area contributed by atoms with Crippen molar-refractivity contribution in [3.8, 4) is 11.5 Å². The summed E-state index contributed by atoms with van der Waals surface area (Å²) in [6.45, 7) is 8.46. The second-order valence-corrected chi connectivity index (χ2v) is 8.93. The zero-order valence-corrected chi connectivity index (χ0v) is 17.0. The molecule has 0 aliphatic carbocycles. The van der Waals surface area contributed by atoms with Crippen LogP contribution >= 0.6 is 12.2 Å². The minimum Gasteiger partial charge on any atom is -0.508 e. The van der Waals surface area contributed by atoms with Gasteiger partial charge in [0.2, 0.25) is 0 Å². The lowest BCUT2D eigenvalue weighted by Crippen LogP contribution is -2.69. The van der Waals surface area contributed by atoms with E-state index in [1.165, 1.54) is 11.1 Å². The lowest BCUT2D eigenvalue weighted by Gasteiger charge is -2.51. The summed E-state index contributed by atoms with van der Waals surface area (Å²) in [5.74, 6) is 1.13. The van der Waals surface area contributed by atoms with E-state index in [1.807, 2.05) is 13.0 Å². The van der Waals surface area contributed by atoms with E-state index in [-0.39, 0.29) is 17.2 Å². The van der Waals surface area contributed by atoms with Crippen molar-refractivity contribution in [2.24, 2.45) is 0 Å². The summed E-state index contributed by atoms with van der Waals surface area (Å²) < 4.78 is 6.52. The first-order valence-electron chi connectivity index (χ1n) is 9.36. The summed E-state index contributed by atoms with van der Waals surface area (Å²) in [6, 6.07) is 12.0. The molecular weight excluding hydrogens is 356 g/mol. The SMILES string of the molecule is Cc1ccccc1[C@H]1C[C@@]2(CC(C)(C)NC(=S)N2)Oc2cc(O)cc(C)c21. The van der Waals surface area contributed by atoms with Gasteiger partial charge in [-0.25, -0.2) is 0 Å². The highest BCUT2D eigenvalue weighted by Crippen LogP contribution is 2.49. The number of rotatable bonds is 1. The second-order valence-electron chi connectivity index (χ2n) is 8.52. The Kier molecular flexibility index (Phi) is 4.11. The first-order chi connectivity index (χ1) is 12.7. The molecule has 1 spiro atoms. The molecule has 0 saturated carbocycles. The molecule has 0 bridgehead atoms. The van der Waals surface area contributed by atoms with Crippen LogP contribution < -0.4 is 15.4 Å². The number of ether oxygens (including phenoxy) is 1. The summed E-state index contributed by atoms with van der Waals surface area (Å²) >= 11 is 5.49. The standard InChI is InChI=1S/C22H26N2O2S/c1-13-7-5-6-8-16(13)17-11-22(12-21(3,4)23-20(27)24-22)26-18-10-15(25)9-14(2)19(17)18/h5-10,17,25H,11-12H2,1-4H3,(H2,23,24,27)/t17-,22+/m1/s1. The van der Waals surface area contributed by atoms with Gasteiger partial charge in [0.15, 0.2) is 10.8 Å². The maximum Gasteiger partial charge on any atom is 0.185 e. The highest BCUT2D eigenvalue weighted by Gasteiger charge is 2.49. The Morgan fingerprint density at radius 1 is 1.11 bits per heavy atom. The third-order valence-corrected chi connectivity index (χ3v) is 5.81. The van der Waals surface area contributed by atoms with Crippen LogP contribution in [0.25, 0.3) is 0 Å². The molecule has 0 amide bonds. The van der Waals surface area contributed by atoms with Crippen LogP contribution in [-0.2, 0) is 0 Å². The summed E-state index contributed by atoms with van der Waals surface area (Å²) in [7, 11) is 0. The number of hydrogen-bond acceptors (Lipinski definition) is 3. The van der Waals surface area contributed by atoms with E-state index in [9.17, 15) is 5.11 Å². The number of aryl methyl sites for hydroxylation is 2. The van der Waals surface area contributed by atoms with Gasteiger partial charge < -0.3 is 20.5 Å². The predicted molar refractivity (Wildman–Crippen MR) is 111 cm³/mol.